The molecule has 0 bridgehead atoms. The number of aromatic nitrogens is 1. The molecule has 1 aromatic heterocycles. The highest BCUT2D eigenvalue weighted by Gasteiger charge is 2.35. The van der Waals surface area contributed by atoms with Crippen molar-refractivity contribution in [2.75, 3.05) is 4.90 Å². The van der Waals surface area contributed by atoms with Gasteiger partial charge in [0, 0.05) is 38.9 Å². The average Bonchev–Trinajstić information content (AvgIpc) is 3.84. The predicted octanol–water partition coefficient (Wildman–Crippen LogP) is 17.9. The normalized spacial score (nSPS) is 12.7. The Morgan fingerprint density at radius 2 is 0.851 bits per heavy atom. The van der Waals surface area contributed by atoms with E-state index in [9.17, 15) is 0 Å². The molecule has 0 N–H and O–H groups in total. The third kappa shape index (κ3) is 6.32. The van der Waals surface area contributed by atoms with Crippen molar-refractivity contribution in [1.82, 2.24) is 4.57 Å². The molecule has 1 heterocycles. The zero-order valence-electron chi connectivity index (χ0n) is 37.5. The first kappa shape index (κ1) is 39.0. The van der Waals surface area contributed by atoms with Crippen molar-refractivity contribution < 1.29 is 0 Å². The number of rotatable bonds is 7. The van der Waals surface area contributed by atoms with Crippen LogP contribution in [0.3, 0.4) is 0 Å². The lowest BCUT2D eigenvalue weighted by Crippen LogP contribution is -2.14. The molecular formula is C65H46N2. The number of anilines is 3. The zero-order chi connectivity index (χ0) is 44.6. The summed E-state index contributed by atoms with van der Waals surface area (Å²) in [7, 11) is 0. The van der Waals surface area contributed by atoms with Crippen LogP contribution in [-0.4, -0.2) is 4.57 Å². The van der Waals surface area contributed by atoms with E-state index in [1.54, 1.807) is 0 Å². The van der Waals surface area contributed by atoms with E-state index in [4.69, 9.17) is 0 Å². The summed E-state index contributed by atoms with van der Waals surface area (Å²) < 4.78 is 2.37. The smallest absolute Gasteiger partial charge is 0.0541 e. The van der Waals surface area contributed by atoms with Gasteiger partial charge in [-0.3, -0.25) is 0 Å². The first-order chi connectivity index (χ1) is 33.0. The largest absolute Gasteiger partial charge is 0.311 e. The molecule has 316 valence electrons. The second kappa shape index (κ2) is 15.3. The Balaban J connectivity index is 0.885. The maximum absolute atomic E-state index is 2.41. The highest BCUT2D eigenvalue weighted by molar-refractivity contribution is 6.12. The number of benzene rings is 11. The Hall–Kier alpha value is -8.46. The van der Waals surface area contributed by atoms with Crippen molar-refractivity contribution in [3.05, 3.63) is 254 Å². The molecule has 0 saturated carbocycles. The third-order valence-corrected chi connectivity index (χ3v) is 14.4. The molecule has 0 radical (unpaired) electrons. The van der Waals surface area contributed by atoms with Gasteiger partial charge in [-0.25, -0.2) is 0 Å². The molecule has 0 spiro atoms. The Bertz CT molecular complexity index is 3860. The molecule has 0 amide bonds. The van der Waals surface area contributed by atoms with Gasteiger partial charge in [0.25, 0.3) is 0 Å². The fourth-order valence-electron chi connectivity index (χ4n) is 11.0. The molecule has 67 heavy (non-hydrogen) atoms. The van der Waals surface area contributed by atoms with Crippen LogP contribution < -0.4 is 4.90 Å². The van der Waals surface area contributed by atoms with Gasteiger partial charge in [0.1, 0.15) is 0 Å². The van der Waals surface area contributed by atoms with Gasteiger partial charge in [0.2, 0.25) is 0 Å². The molecule has 0 atom stereocenters. The minimum absolute atomic E-state index is 0.0520. The van der Waals surface area contributed by atoms with Crippen molar-refractivity contribution in [3.63, 3.8) is 0 Å². The highest BCUT2D eigenvalue weighted by Crippen LogP contribution is 2.50. The standard InChI is InChI=1S/C65H46N2/c1-65(2)61-21-10-8-17-57(61)58-39-30-48(42-62(58)65)44-25-34-51(35-26-44)66(52-36-27-46(28-37-52)54-19-12-20-55-53-16-7-6-13-45(53)29-38-56(54)55)50-32-23-43(24-33-50)47-31-40-64-60(41-47)59-18-9-11-22-63(59)67(64)49-14-4-3-5-15-49/h3-42H,1-2H3. The highest BCUT2D eigenvalue weighted by atomic mass is 15.1. The molecule has 0 saturated heterocycles. The van der Waals surface area contributed by atoms with E-state index < -0.39 is 0 Å². The lowest BCUT2D eigenvalue weighted by Gasteiger charge is -2.26. The predicted molar refractivity (Wildman–Crippen MR) is 284 cm³/mol. The van der Waals surface area contributed by atoms with Crippen molar-refractivity contribution in [3.8, 4) is 50.2 Å². The van der Waals surface area contributed by atoms with Crippen LogP contribution in [0.5, 0.6) is 0 Å². The van der Waals surface area contributed by atoms with Gasteiger partial charge in [-0.1, -0.05) is 184 Å². The second-order valence-electron chi connectivity index (χ2n) is 18.5. The van der Waals surface area contributed by atoms with Gasteiger partial charge in [0.15, 0.2) is 0 Å². The van der Waals surface area contributed by atoms with E-state index in [2.05, 4.69) is 266 Å². The Morgan fingerprint density at radius 3 is 1.60 bits per heavy atom. The number of hydrogen-bond acceptors (Lipinski definition) is 1. The van der Waals surface area contributed by atoms with Crippen molar-refractivity contribution >= 4 is 60.4 Å². The fraction of sp³-hybridized carbons (Fsp3) is 0.0462. The van der Waals surface area contributed by atoms with Crippen molar-refractivity contribution in [1.29, 1.82) is 0 Å². The summed E-state index contributed by atoms with van der Waals surface area (Å²) in [5.41, 5.74) is 19.5. The number of fused-ring (bicyclic) bond motifs is 9. The van der Waals surface area contributed by atoms with Crippen LogP contribution in [0, 0.1) is 0 Å². The SMILES string of the molecule is CC1(C)c2ccccc2-c2ccc(-c3ccc(N(c4ccc(-c5ccc6c(c5)c5ccccc5n6-c5ccccc5)cc4)c4ccc(-c5cccc6c5ccc5ccccc56)cc4)cc3)cc21. The van der Waals surface area contributed by atoms with Gasteiger partial charge in [-0.2, -0.15) is 0 Å². The van der Waals surface area contributed by atoms with Crippen LogP contribution >= 0.6 is 0 Å². The molecule has 12 aromatic rings. The van der Waals surface area contributed by atoms with Crippen molar-refractivity contribution in [2.45, 2.75) is 19.3 Å². The topological polar surface area (TPSA) is 8.17 Å². The van der Waals surface area contributed by atoms with Gasteiger partial charge in [-0.15, -0.1) is 0 Å². The quantitative estimate of drug-likeness (QED) is 0.145. The Kier molecular flexibility index (Phi) is 8.91. The summed E-state index contributed by atoms with van der Waals surface area (Å²) in [6, 6.07) is 89.3. The summed E-state index contributed by atoms with van der Waals surface area (Å²) in [6.45, 7) is 4.70. The van der Waals surface area contributed by atoms with Crippen LogP contribution in [0.25, 0.3) is 93.5 Å². The summed E-state index contributed by atoms with van der Waals surface area (Å²) in [5.74, 6) is 0. The van der Waals surface area contributed by atoms with Gasteiger partial charge in [-0.05, 0) is 150 Å². The minimum Gasteiger partial charge on any atom is -0.311 e. The van der Waals surface area contributed by atoms with E-state index in [1.807, 2.05) is 0 Å². The molecule has 0 aliphatic heterocycles. The van der Waals surface area contributed by atoms with Crippen LogP contribution in [0.15, 0.2) is 243 Å². The summed E-state index contributed by atoms with van der Waals surface area (Å²) in [5, 5.41) is 7.58. The molecule has 0 fully saturated rings. The fourth-order valence-corrected chi connectivity index (χ4v) is 11.0. The van der Waals surface area contributed by atoms with Gasteiger partial charge in [0.05, 0.1) is 11.0 Å². The molecular weight excluding hydrogens is 809 g/mol. The molecule has 13 rings (SSSR count). The van der Waals surface area contributed by atoms with E-state index in [-0.39, 0.29) is 5.41 Å². The third-order valence-electron chi connectivity index (χ3n) is 14.4. The molecule has 0 unspecified atom stereocenters. The number of hydrogen-bond donors (Lipinski definition) is 0. The second-order valence-corrected chi connectivity index (χ2v) is 18.5. The van der Waals surface area contributed by atoms with Crippen molar-refractivity contribution in [2.24, 2.45) is 0 Å². The molecule has 11 aromatic carbocycles. The minimum atomic E-state index is -0.0520. The van der Waals surface area contributed by atoms with Crippen LogP contribution in [0.1, 0.15) is 25.0 Å². The molecule has 1 aliphatic rings. The molecule has 1 aliphatic carbocycles. The summed E-state index contributed by atoms with van der Waals surface area (Å²) >= 11 is 0. The van der Waals surface area contributed by atoms with E-state index in [0.29, 0.717) is 0 Å². The van der Waals surface area contributed by atoms with E-state index in [1.165, 1.54) is 105 Å². The van der Waals surface area contributed by atoms with Gasteiger partial charge >= 0.3 is 0 Å². The maximum Gasteiger partial charge on any atom is 0.0541 e. The summed E-state index contributed by atoms with van der Waals surface area (Å²) in [4.78, 5) is 2.38. The monoisotopic (exact) mass is 854 g/mol. The lowest BCUT2D eigenvalue weighted by molar-refractivity contribution is 0.660. The maximum atomic E-state index is 2.41. The van der Waals surface area contributed by atoms with E-state index >= 15 is 0 Å². The number of para-hydroxylation sites is 2. The summed E-state index contributed by atoms with van der Waals surface area (Å²) in [6.07, 6.45) is 0. The number of nitrogens with zero attached hydrogens (tertiary/aromatic N) is 2. The lowest BCUT2D eigenvalue weighted by atomic mass is 9.81. The van der Waals surface area contributed by atoms with Crippen LogP contribution in [0.2, 0.25) is 0 Å². The van der Waals surface area contributed by atoms with E-state index in [0.717, 1.165) is 17.1 Å². The Morgan fingerprint density at radius 1 is 0.313 bits per heavy atom. The molecule has 2 heteroatoms. The first-order valence-electron chi connectivity index (χ1n) is 23.3. The van der Waals surface area contributed by atoms with Gasteiger partial charge < -0.3 is 9.47 Å². The first-order valence-corrected chi connectivity index (χ1v) is 23.3. The zero-order valence-corrected chi connectivity index (χ0v) is 37.5. The van der Waals surface area contributed by atoms with Crippen LogP contribution in [0.4, 0.5) is 17.1 Å². The van der Waals surface area contributed by atoms with Crippen LogP contribution in [-0.2, 0) is 5.41 Å². The molecule has 2 nitrogen and oxygen atoms in total. The Labute approximate surface area is 391 Å². The average molecular weight is 855 g/mol.